The molecule has 0 atom stereocenters. The summed E-state index contributed by atoms with van der Waals surface area (Å²) in [7, 11) is 0. The van der Waals surface area contributed by atoms with Crippen molar-refractivity contribution in [3.05, 3.63) is 64.2 Å². The first-order valence-electron chi connectivity index (χ1n) is 8.52. The molecule has 2 aromatic rings. The van der Waals surface area contributed by atoms with Crippen molar-refractivity contribution in [1.82, 2.24) is 4.90 Å². The van der Waals surface area contributed by atoms with Gasteiger partial charge in [0, 0.05) is 37.2 Å². The summed E-state index contributed by atoms with van der Waals surface area (Å²) >= 11 is 12.0. The van der Waals surface area contributed by atoms with E-state index in [1.807, 2.05) is 12.2 Å². The average molecular weight is 408 g/mol. The molecule has 1 amide bonds. The Kier molecular flexibility index (Phi) is 6.48. The number of halogens is 2. The largest absolute Gasteiger partial charge is 0.508 e. The molecule has 27 heavy (non-hydrogen) atoms. The summed E-state index contributed by atoms with van der Waals surface area (Å²) in [5.41, 5.74) is 0.644. The highest BCUT2D eigenvalue weighted by molar-refractivity contribution is 6.37. The van der Waals surface area contributed by atoms with Crippen LogP contribution in [0, 0.1) is 0 Å². The van der Waals surface area contributed by atoms with Gasteiger partial charge in [-0.05, 0) is 24.3 Å². The van der Waals surface area contributed by atoms with Crippen LogP contribution in [0.5, 0.6) is 17.2 Å². The maximum Gasteiger partial charge on any atom is 0.254 e. The highest BCUT2D eigenvalue weighted by Crippen LogP contribution is 2.36. The molecular weight excluding hydrogens is 389 g/mol. The van der Waals surface area contributed by atoms with Gasteiger partial charge < -0.3 is 19.5 Å². The Morgan fingerprint density at radius 2 is 1.59 bits per heavy atom. The van der Waals surface area contributed by atoms with Crippen LogP contribution in [0.15, 0.2) is 48.6 Å². The molecule has 3 rings (SSSR count). The molecule has 1 heterocycles. The van der Waals surface area contributed by atoms with Crippen molar-refractivity contribution in [3.63, 3.8) is 0 Å². The van der Waals surface area contributed by atoms with E-state index in [2.05, 4.69) is 0 Å². The minimum atomic E-state index is -0.0105. The number of carbonyl (C=O) groups excluding carboxylic acids is 1. The number of phenolic OH excluding ortho intramolecular Hbond substituents is 1. The number of hydrogen-bond donors (Lipinski definition) is 1. The molecule has 0 bridgehead atoms. The van der Waals surface area contributed by atoms with Crippen molar-refractivity contribution in [2.45, 2.75) is 6.42 Å². The third-order valence-electron chi connectivity index (χ3n) is 3.99. The van der Waals surface area contributed by atoms with Gasteiger partial charge in [0.25, 0.3) is 5.91 Å². The lowest BCUT2D eigenvalue weighted by atomic mass is 10.2. The molecule has 142 valence electrons. The zero-order valence-electron chi connectivity index (χ0n) is 14.5. The standard InChI is InChI=1S/C20H19Cl2NO4/c21-17-12-15(24)13-18(22)19(17)27-11-3-10-26-16-6-4-14(5-7-16)20(25)23-8-1-2-9-23/h1-2,4-7,12-13,24H,3,8-11H2. The molecule has 1 N–H and O–H groups in total. The van der Waals surface area contributed by atoms with E-state index >= 15 is 0 Å². The number of ether oxygens (including phenoxy) is 2. The molecule has 0 radical (unpaired) electrons. The van der Waals surface area contributed by atoms with E-state index in [4.69, 9.17) is 32.7 Å². The summed E-state index contributed by atoms with van der Waals surface area (Å²) in [6.07, 6.45) is 4.58. The zero-order chi connectivity index (χ0) is 19.2. The minimum Gasteiger partial charge on any atom is -0.508 e. The van der Waals surface area contributed by atoms with E-state index < -0.39 is 0 Å². The van der Waals surface area contributed by atoms with Gasteiger partial charge in [-0.1, -0.05) is 35.4 Å². The number of rotatable bonds is 7. The third-order valence-corrected chi connectivity index (χ3v) is 4.56. The second-order valence-corrected chi connectivity index (χ2v) is 6.81. The number of phenols is 1. The van der Waals surface area contributed by atoms with Gasteiger partial charge in [0.15, 0.2) is 5.75 Å². The lowest BCUT2D eigenvalue weighted by molar-refractivity contribution is 0.0800. The van der Waals surface area contributed by atoms with E-state index in [-0.39, 0.29) is 21.7 Å². The first-order chi connectivity index (χ1) is 13.0. The van der Waals surface area contributed by atoms with Crippen LogP contribution < -0.4 is 9.47 Å². The number of hydrogen-bond acceptors (Lipinski definition) is 4. The van der Waals surface area contributed by atoms with Crippen LogP contribution in [0.25, 0.3) is 0 Å². The molecule has 2 aromatic carbocycles. The topological polar surface area (TPSA) is 59.0 Å². The predicted molar refractivity (Wildman–Crippen MR) is 105 cm³/mol. The SMILES string of the molecule is O=C(c1ccc(OCCCOc2c(Cl)cc(O)cc2Cl)cc1)N1CC=CC1. The first-order valence-corrected chi connectivity index (χ1v) is 9.28. The molecule has 1 aliphatic heterocycles. The maximum absolute atomic E-state index is 12.3. The zero-order valence-corrected chi connectivity index (χ0v) is 16.0. The Labute approximate surface area is 167 Å². The molecule has 0 saturated carbocycles. The van der Waals surface area contributed by atoms with Gasteiger partial charge in [-0.25, -0.2) is 0 Å². The van der Waals surface area contributed by atoms with Crippen LogP contribution in [0.2, 0.25) is 10.0 Å². The van der Waals surface area contributed by atoms with E-state index in [1.165, 1.54) is 12.1 Å². The average Bonchev–Trinajstić information content (AvgIpc) is 3.18. The van der Waals surface area contributed by atoms with Crippen molar-refractivity contribution in [3.8, 4) is 17.2 Å². The number of carbonyl (C=O) groups is 1. The van der Waals surface area contributed by atoms with Gasteiger partial charge in [0.05, 0.1) is 23.3 Å². The third kappa shape index (κ3) is 5.08. The lowest BCUT2D eigenvalue weighted by Gasteiger charge is -2.15. The molecule has 0 unspecified atom stereocenters. The molecule has 0 aromatic heterocycles. The second-order valence-electron chi connectivity index (χ2n) is 5.99. The van der Waals surface area contributed by atoms with E-state index in [9.17, 15) is 9.90 Å². The van der Waals surface area contributed by atoms with Crippen LogP contribution in [-0.4, -0.2) is 42.2 Å². The summed E-state index contributed by atoms with van der Waals surface area (Å²) in [5, 5.41) is 9.92. The molecular formula is C20H19Cl2NO4. The van der Waals surface area contributed by atoms with Crippen LogP contribution in [-0.2, 0) is 0 Å². The molecule has 0 spiro atoms. The molecule has 1 aliphatic rings. The Balaban J connectivity index is 1.42. The summed E-state index contributed by atoms with van der Waals surface area (Å²) in [6, 6.07) is 9.85. The maximum atomic E-state index is 12.3. The minimum absolute atomic E-state index is 0.0105. The predicted octanol–water partition coefficient (Wildman–Crippen LogP) is 4.56. The van der Waals surface area contributed by atoms with Crippen molar-refractivity contribution < 1.29 is 19.4 Å². The van der Waals surface area contributed by atoms with Gasteiger partial charge in [0.1, 0.15) is 11.5 Å². The van der Waals surface area contributed by atoms with Crippen molar-refractivity contribution in [2.24, 2.45) is 0 Å². The fourth-order valence-corrected chi connectivity index (χ4v) is 3.21. The van der Waals surface area contributed by atoms with Gasteiger partial charge >= 0.3 is 0 Å². The Hall–Kier alpha value is -2.37. The molecule has 7 heteroatoms. The van der Waals surface area contributed by atoms with Crippen molar-refractivity contribution in [2.75, 3.05) is 26.3 Å². The van der Waals surface area contributed by atoms with Gasteiger partial charge in [-0.15, -0.1) is 0 Å². The lowest BCUT2D eigenvalue weighted by Crippen LogP contribution is -2.28. The first kappa shape index (κ1) is 19.4. The van der Waals surface area contributed by atoms with Crippen molar-refractivity contribution >= 4 is 29.1 Å². The Bertz CT molecular complexity index is 805. The molecule has 5 nitrogen and oxygen atoms in total. The van der Waals surface area contributed by atoms with E-state index in [1.54, 1.807) is 29.2 Å². The Morgan fingerprint density at radius 3 is 2.22 bits per heavy atom. The number of amides is 1. The Morgan fingerprint density at radius 1 is 1.00 bits per heavy atom. The van der Waals surface area contributed by atoms with Crippen LogP contribution >= 0.6 is 23.2 Å². The monoisotopic (exact) mass is 407 g/mol. The van der Waals surface area contributed by atoms with Crippen LogP contribution in [0.3, 0.4) is 0 Å². The van der Waals surface area contributed by atoms with Crippen LogP contribution in [0.1, 0.15) is 16.8 Å². The van der Waals surface area contributed by atoms with Gasteiger partial charge in [0.2, 0.25) is 0 Å². The van der Waals surface area contributed by atoms with Gasteiger partial charge in [-0.2, -0.15) is 0 Å². The molecule has 0 saturated heterocycles. The highest BCUT2D eigenvalue weighted by atomic mass is 35.5. The summed E-state index contributed by atoms with van der Waals surface area (Å²) in [4.78, 5) is 14.0. The summed E-state index contributed by atoms with van der Waals surface area (Å²) in [5.74, 6) is 1.04. The quantitative estimate of drug-likeness (QED) is 0.539. The highest BCUT2D eigenvalue weighted by Gasteiger charge is 2.16. The molecule has 0 fully saturated rings. The fraction of sp³-hybridized carbons (Fsp3) is 0.250. The summed E-state index contributed by atoms with van der Waals surface area (Å²) in [6.45, 7) is 2.12. The summed E-state index contributed by atoms with van der Waals surface area (Å²) < 4.78 is 11.2. The van der Waals surface area contributed by atoms with E-state index in [0.29, 0.717) is 49.8 Å². The number of benzene rings is 2. The van der Waals surface area contributed by atoms with Crippen LogP contribution in [0.4, 0.5) is 0 Å². The fourth-order valence-electron chi connectivity index (χ4n) is 2.63. The second kappa shape index (κ2) is 9.02. The normalized spacial score (nSPS) is 13.0. The van der Waals surface area contributed by atoms with Crippen molar-refractivity contribution in [1.29, 1.82) is 0 Å². The molecule has 0 aliphatic carbocycles. The number of nitrogens with zero attached hydrogens (tertiary/aromatic N) is 1. The smallest absolute Gasteiger partial charge is 0.254 e. The van der Waals surface area contributed by atoms with E-state index in [0.717, 1.165) is 0 Å². The number of aromatic hydroxyl groups is 1. The van der Waals surface area contributed by atoms with Gasteiger partial charge in [-0.3, -0.25) is 4.79 Å².